The predicted molar refractivity (Wildman–Crippen MR) is 151 cm³/mol. The third kappa shape index (κ3) is 5.59. The Labute approximate surface area is 227 Å². The minimum Gasteiger partial charge on any atom is -0.462 e. The number of fused-ring (bicyclic) bond motifs is 3. The molecule has 1 aliphatic heterocycles. The molecule has 0 saturated carbocycles. The van der Waals surface area contributed by atoms with E-state index >= 15 is 0 Å². The Balaban J connectivity index is 0.00000320. The molecule has 0 saturated heterocycles. The van der Waals surface area contributed by atoms with Crippen molar-refractivity contribution in [2.75, 3.05) is 38.7 Å². The first-order valence-electron chi connectivity index (χ1n) is 12.1. The molecule has 8 heteroatoms. The highest BCUT2D eigenvalue weighted by molar-refractivity contribution is 7.99. The maximum Gasteiger partial charge on any atom is 0.338 e. The minimum absolute atomic E-state index is 0. The highest BCUT2D eigenvalue weighted by atomic mass is 35.5. The lowest BCUT2D eigenvalue weighted by Gasteiger charge is -2.33. The molecule has 0 amide bonds. The van der Waals surface area contributed by atoms with Crippen molar-refractivity contribution in [1.29, 1.82) is 0 Å². The fourth-order valence-corrected chi connectivity index (χ4v) is 5.57. The summed E-state index contributed by atoms with van der Waals surface area (Å²) in [6.45, 7) is 3.87. The summed E-state index contributed by atoms with van der Waals surface area (Å²) in [5.74, 6) is -0.898. The summed E-state index contributed by atoms with van der Waals surface area (Å²) in [6.07, 6.45) is 1.02. The van der Waals surface area contributed by atoms with E-state index in [-0.39, 0.29) is 19.0 Å². The fraction of sp³-hybridized carbons (Fsp3) is 0.241. The third-order valence-electron chi connectivity index (χ3n) is 6.17. The normalized spacial score (nSPS) is 12.2. The van der Waals surface area contributed by atoms with E-state index in [0.717, 1.165) is 30.8 Å². The van der Waals surface area contributed by atoms with Crippen LogP contribution in [0.5, 0.6) is 0 Å². The lowest BCUT2D eigenvalue weighted by Crippen LogP contribution is -2.25. The molecule has 0 aliphatic carbocycles. The molecule has 0 N–H and O–H groups in total. The van der Waals surface area contributed by atoms with E-state index in [1.165, 1.54) is 27.6 Å². The number of para-hydroxylation sites is 1. The average molecular weight is 538 g/mol. The fourth-order valence-electron chi connectivity index (χ4n) is 4.50. The van der Waals surface area contributed by atoms with Crippen LogP contribution in [0.25, 0.3) is 22.2 Å². The van der Waals surface area contributed by atoms with E-state index in [0.29, 0.717) is 22.2 Å². The summed E-state index contributed by atoms with van der Waals surface area (Å²) in [5, 5.41) is 0.449. The smallest absolute Gasteiger partial charge is 0.338 e. The topological polar surface area (TPSA) is 45.7 Å². The van der Waals surface area contributed by atoms with Crippen molar-refractivity contribution in [3.8, 4) is 11.3 Å². The Hall–Kier alpha value is -3.13. The van der Waals surface area contributed by atoms with Crippen molar-refractivity contribution in [3.05, 3.63) is 78.1 Å². The monoisotopic (exact) mass is 537 g/mol. The van der Waals surface area contributed by atoms with Gasteiger partial charge in [-0.1, -0.05) is 30.0 Å². The Morgan fingerprint density at radius 3 is 2.59 bits per heavy atom. The van der Waals surface area contributed by atoms with Gasteiger partial charge < -0.3 is 14.5 Å². The molecule has 0 radical (unpaired) electrons. The van der Waals surface area contributed by atoms with Gasteiger partial charge in [0.1, 0.15) is 5.82 Å². The van der Waals surface area contributed by atoms with Gasteiger partial charge >= 0.3 is 5.97 Å². The summed E-state index contributed by atoms with van der Waals surface area (Å²) in [7, 11) is 4.18. The standard InChI is InChI=1S/C29H28FN3O2S.ClH/c1-4-35-29(34)22-18-24(31-23-12-11-20(30)17-21(22)23)19-10-13-28-26(16-19)33(15-7-14-32(2)3)25-8-5-6-9-27(25)36-28;/h5-6,8-13,16-18H,4,7,14-15H2,1-3H3;1H. The summed E-state index contributed by atoms with van der Waals surface area (Å²) in [5.41, 5.74) is 4.72. The number of hydrogen-bond donors (Lipinski definition) is 0. The van der Waals surface area contributed by atoms with E-state index in [4.69, 9.17) is 9.72 Å². The summed E-state index contributed by atoms with van der Waals surface area (Å²) in [4.78, 5) is 24.5. The van der Waals surface area contributed by atoms with Gasteiger partial charge in [-0.15, -0.1) is 12.4 Å². The molecular formula is C29H29ClFN3O2S. The van der Waals surface area contributed by atoms with Crippen LogP contribution < -0.4 is 4.90 Å². The van der Waals surface area contributed by atoms with E-state index < -0.39 is 11.8 Å². The van der Waals surface area contributed by atoms with Crippen LogP contribution in [0, 0.1) is 5.82 Å². The van der Waals surface area contributed by atoms with Crippen molar-refractivity contribution in [1.82, 2.24) is 9.88 Å². The van der Waals surface area contributed by atoms with Crippen LogP contribution >= 0.6 is 24.2 Å². The van der Waals surface area contributed by atoms with Crippen molar-refractivity contribution < 1.29 is 13.9 Å². The maximum absolute atomic E-state index is 14.0. The second kappa shape index (κ2) is 11.5. The Morgan fingerprint density at radius 2 is 1.81 bits per heavy atom. The molecule has 4 aromatic rings. The quantitative estimate of drug-likeness (QED) is 0.232. The van der Waals surface area contributed by atoms with Crippen LogP contribution in [-0.4, -0.2) is 49.6 Å². The van der Waals surface area contributed by atoms with Crippen molar-refractivity contribution >= 4 is 52.4 Å². The van der Waals surface area contributed by atoms with Crippen LogP contribution in [0.2, 0.25) is 0 Å². The largest absolute Gasteiger partial charge is 0.462 e. The van der Waals surface area contributed by atoms with Gasteiger partial charge in [-0.2, -0.15) is 0 Å². The van der Waals surface area contributed by atoms with E-state index in [9.17, 15) is 9.18 Å². The van der Waals surface area contributed by atoms with Crippen LogP contribution in [0.4, 0.5) is 15.8 Å². The van der Waals surface area contributed by atoms with E-state index in [1.807, 2.05) is 6.07 Å². The first kappa shape index (κ1) is 26.9. The number of esters is 1. The first-order valence-corrected chi connectivity index (χ1v) is 12.9. The SMILES string of the molecule is CCOC(=O)c1cc(-c2ccc3c(c2)N(CCCN(C)C)c2ccccc2S3)nc2ccc(F)cc12.Cl. The lowest BCUT2D eigenvalue weighted by molar-refractivity contribution is 0.0528. The molecule has 3 aromatic carbocycles. The number of anilines is 2. The number of nitrogens with zero attached hydrogens (tertiary/aromatic N) is 3. The second-order valence-corrected chi connectivity index (χ2v) is 10.1. The number of hydrogen-bond acceptors (Lipinski definition) is 6. The van der Waals surface area contributed by atoms with Gasteiger partial charge in [0.25, 0.3) is 0 Å². The van der Waals surface area contributed by atoms with Gasteiger partial charge in [-0.05, 0) is 82.5 Å². The molecule has 1 aromatic heterocycles. The molecule has 1 aliphatic rings. The molecule has 0 fully saturated rings. The number of ether oxygens (including phenoxy) is 1. The van der Waals surface area contributed by atoms with Crippen molar-refractivity contribution in [2.24, 2.45) is 0 Å². The van der Waals surface area contributed by atoms with Gasteiger partial charge in [-0.3, -0.25) is 0 Å². The number of halogens is 2. The maximum atomic E-state index is 14.0. The van der Waals surface area contributed by atoms with Crippen molar-refractivity contribution in [2.45, 2.75) is 23.1 Å². The van der Waals surface area contributed by atoms with Gasteiger partial charge in [-0.25, -0.2) is 14.2 Å². The van der Waals surface area contributed by atoms with Gasteiger partial charge in [0, 0.05) is 27.3 Å². The zero-order valence-corrected chi connectivity index (χ0v) is 22.7. The van der Waals surface area contributed by atoms with Crippen molar-refractivity contribution in [3.63, 3.8) is 0 Å². The highest BCUT2D eigenvalue weighted by Gasteiger charge is 2.24. The molecule has 0 bridgehead atoms. The molecule has 2 heterocycles. The van der Waals surface area contributed by atoms with E-state index in [1.54, 1.807) is 30.8 Å². The van der Waals surface area contributed by atoms with Crippen LogP contribution in [-0.2, 0) is 4.74 Å². The van der Waals surface area contributed by atoms with Gasteiger partial charge in [0.15, 0.2) is 0 Å². The molecule has 5 rings (SSSR count). The molecular weight excluding hydrogens is 509 g/mol. The summed E-state index contributed by atoms with van der Waals surface area (Å²) < 4.78 is 19.3. The molecule has 0 atom stereocenters. The first-order chi connectivity index (χ1) is 17.4. The summed E-state index contributed by atoms with van der Waals surface area (Å²) in [6, 6.07) is 20.8. The predicted octanol–water partition coefficient (Wildman–Crippen LogP) is 7.19. The molecule has 5 nitrogen and oxygen atoms in total. The number of benzene rings is 3. The number of carbonyl (C=O) groups is 1. The number of carbonyl (C=O) groups excluding carboxylic acids is 1. The third-order valence-corrected chi connectivity index (χ3v) is 7.30. The Bertz CT molecular complexity index is 1450. The zero-order valence-electron chi connectivity index (χ0n) is 21.0. The zero-order chi connectivity index (χ0) is 25.2. The van der Waals surface area contributed by atoms with Crippen LogP contribution in [0.15, 0.2) is 76.5 Å². The van der Waals surface area contributed by atoms with Gasteiger partial charge in [0.05, 0.1) is 34.8 Å². The average Bonchev–Trinajstić information content (AvgIpc) is 2.87. The highest BCUT2D eigenvalue weighted by Crippen LogP contribution is 2.49. The summed E-state index contributed by atoms with van der Waals surface area (Å²) >= 11 is 1.76. The molecule has 192 valence electrons. The number of pyridine rings is 1. The number of rotatable bonds is 7. The molecule has 0 spiro atoms. The van der Waals surface area contributed by atoms with Crippen LogP contribution in [0.3, 0.4) is 0 Å². The van der Waals surface area contributed by atoms with E-state index in [2.05, 4.69) is 60.3 Å². The second-order valence-electron chi connectivity index (χ2n) is 9.00. The lowest BCUT2D eigenvalue weighted by atomic mass is 10.0. The number of aromatic nitrogens is 1. The minimum atomic E-state index is -0.482. The van der Waals surface area contributed by atoms with Gasteiger partial charge in [0.2, 0.25) is 0 Å². The Kier molecular flexibility index (Phi) is 8.37. The van der Waals surface area contributed by atoms with Crippen LogP contribution in [0.1, 0.15) is 23.7 Å². The Morgan fingerprint density at radius 1 is 1.03 bits per heavy atom. The molecule has 0 unspecified atom stereocenters. The molecule has 37 heavy (non-hydrogen) atoms.